The molecule has 1 N–H and O–H groups in total. The van der Waals surface area contributed by atoms with Crippen molar-refractivity contribution in [3.63, 3.8) is 0 Å². The average molecular weight is 303 g/mol. The molecule has 0 unspecified atom stereocenters. The van der Waals surface area contributed by atoms with E-state index in [4.69, 9.17) is 0 Å². The number of hydrogen-bond acceptors (Lipinski definition) is 3. The number of non-ortho nitro benzene ring substituents is 1. The van der Waals surface area contributed by atoms with Crippen LogP contribution >= 0.6 is 12.4 Å². The molecule has 1 aromatic carbocycles. The number of rotatable bonds is 7. The summed E-state index contributed by atoms with van der Waals surface area (Å²) in [7, 11) is 0. The molecular weight excluding hydrogens is 280 g/mol. The third kappa shape index (κ3) is 10.3. The van der Waals surface area contributed by atoms with Gasteiger partial charge in [-0.2, -0.15) is 0 Å². The van der Waals surface area contributed by atoms with Crippen LogP contribution in [0.3, 0.4) is 0 Å². The summed E-state index contributed by atoms with van der Waals surface area (Å²) in [6.07, 6.45) is 6.09. The van der Waals surface area contributed by atoms with E-state index in [-0.39, 0.29) is 18.1 Å². The Morgan fingerprint density at radius 1 is 1.25 bits per heavy atom. The maximum absolute atomic E-state index is 10.3. The maximum Gasteiger partial charge on any atom is 0.269 e. The van der Waals surface area contributed by atoms with Crippen molar-refractivity contribution in [3.8, 4) is 0 Å². The third-order valence-corrected chi connectivity index (χ3v) is 2.47. The Kier molecular flexibility index (Phi) is 14.3. The fourth-order valence-electron chi connectivity index (χ4n) is 1.44. The molecule has 0 aliphatic heterocycles. The van der Waals surface area contributed by atoms with Gasteiger partial charge in [-0.05, 0) is 5.56 Å². The molecule has 1 aromatic rings. The Hall–Kier alpha value is -1.62. The predicted molar refractivity (Wildman–Crippen MR) is 83.1 cm³/mol. The highest BCUT2D eigenvalue weighted by molar-refractivity contribution is 5.85. The zero-order chi connectivity index (χ0) is 14.5. The van der Waals surface area contributed by atoms with Gasteiger partial charge in [0.2, 0.25) is 6.41 Å². The second-order valence-corrected chi connectivity index (χ2v) is 4.13. The molecule has 0 aliphatic carbocycles. The Morgan fingerprint density at radius 3 is 2.30 bits per heavy atom. The quantitative estimate of drug-likeness (QED) is 0.360. The van der Waals surface area contributed by atoms with Crippen molar-refractivity contribution >= 4 is 24.5 Å². The first-order valence-corrected chi connectivity index (χ1v) is 6.56. The molecule has 0 aromatic heterocycles. The second kappa shape index (κ2) is 13.8. The van der Waals surface area contributed by atoms with Crippen LogP contribution < -0.4 is 5.32 Å². The molecular formula is C14H23ClN2O3. The summed E-state index contributed by atoms with van der Waals surface area (Å²) in [5.41, 5.74) is 0.742. The number of nitrogens with zero attached hydrogens (tertiary/aromatic N) is 1. The number of carbonyl (C=O) groups excluding carboxylic acids is 1. The Morgan fingerprint density at radius 2 is 1.85 bits per heavy atom. The summed E-state index contributed by atoms with van der Waals surface area (Å²) >= 11 is 0. The van der Waals surface area contributed by atoms with E-state index < -0.39 is 4.92 Å². The van der Waals surface area contributed by atoms with Crippen LogP contribution in [-0.4, -0.2) is 11.3 Å². The van der Waals surface area contributed by atoms with E-state index in [1.54, 1.807) is 12.1 Å². The number of nitro groups is 1. The lowest BCUT2D eigenvalue weighted by Crippen LogP contribution is -2.09. The van der Waals surface area contributed by atoms with Gasteiger partial charge in [-0.25, -0.2) is 0 Å². The van der Waals surface area contributed by atoms with E-state index in [9.17, 15) is 14.9 Å². The van der Waals surface area contributed by atoms with Gasteiger partial charge < -0.3 is 5.32 Å². The van der Waals surface area contributed by atoms with Gasteiger partial charge in [0, 0.05) is 18.7 Å². The van der Waals surface area contributed by atoms with E-state index in [0.29, 0.717) is 18.5 Å². The van der Waals surface area contributed by atoms with Gasteiger partial charge in [0.15, 0.2) is 0 Å². The summed E-state index contributed by atoms with van der Waals surface area (Å²) in [4.78, 5) is 19.8. The van der Waals surface area contributed by atoms with Gasteiger partial charge in [0.25, 0.3) is 5.69 Å². The van der Waals surface area contributed by atoms with Crippen molar-refractivity contribution in [1.82, 2.24) is 5.32 Å². The van der Waals surface area contributed by atoms with Gasteiger partial charge in [-0.15, -0.1) is 12.4 Å². The van der Waals surface area contributed by atoms with Crippen LogP contribution in [0.2, 0.25) is 0 Å². The zero-order valence-corrected chi connectivity index (χ0v) is 12.8. The fourth-order valence-corrected chi connectivity index (χ4v) is 1.44. The van der Waals surface area contributed by atoms with Crippen LogP contribution in [0.25, 0.3) is 0 Å². The first-order valence-electron chi connectivity index (χ1n) is 6.56. The number of halogens is 1. The van der Waals surface area contributed by atoms with Crippen molar-refractivity contribution in [3.05, 3.63) is 39.9 Å². The molecule has 0 aliphatic rings. The van der Waals surface area contributed by atoms with E-state index in [1.165, 1.54) is 37.8 Å². The number of unbranched alkanes of at least 4 members (excludes halogenated alkanes) is 3. The molecule has 1 amide bonds. The predicted octanol–water partition coefficient (Wildman–Crippen LogP) is 3.85. The molecule has 114 valence electrons. The van der Waals surface area contributed by atoms with Crippen LogP contribution in [0.1, 0.15) is 45.1 Å². The molecule has 0 saturated heterocycles. The molecule has 6 heteroatoms. The van der Waals surface area contributed by atoms with E-state index in [1.807, 2.05) is 0 Å². The van der Waals surface area contributed by atoms with Crippen molar-refractivity contribution in [2.75, 3.05) is 0 Å². The van der Waals surface area contributed by atoms with Crippen molar-refractivity contribution < 1.29 is 9.72 Å². The number of carbonyl (C=O) groups is 1. The molecule has 1 rings (SSSR count). The van der Waals surface area contributed by atoms with Crippen molar-refractivity contribution in [2.24, 2.45) is 0 Å². The van der Waals surface area contributed by atoms with E-state index >= 15 is 0 Å². The Bertz CT molecular complexity index is 382. The largest absolute Gasteiger partial charge is 0.355 e. The monoisotopic (exact) mass is 302 g/mol. The van der Waals surface area contributed by atoms with E-state index in [2.05, 4.69) is 19.2 Å². The van der Waals surface area contributed by atoms with Gasteiger partial charge in [0.05, 0.1) is 4.92 Å². The van der Waals surface area contributed by atoms with Crippen molar-refractivity contribution in [2.45, 2.75) is 46.1 Å². The minimum absolute atomic E-state index is 0. The highest BCUT2D eigenvalue weighted by Gasteiger charge is 2.04. The van der Waals surface area contributed by atoms with Crippen LogP contribution in [0.4, 0.5) is 5.69 Å². The molecule has 0 heterocycles. The molecule has 0 bridgehead atoms. The Labute approximate surface area is 126 Å². The highest BCUT2D eigenvalue weighted by Crippen LogP contribution is 2.12. The first kappa shape index (κ1) is 20.7. The lowest BCUT2D eigenvalue weighted by molar-refractivity contribution is -0.384. The fraction of sp³-hybridized carbons (Fsp3) is 0.500. The topological polar surface area (TPSA) is 72.2 Å². The zero-order valence-electron chi connectivity index (χ0n) is 12.0. The number of nitro benzene ring substituents is 1. The highest BCUT2D eigenvalue weighted by atomic mass is 35.5. The van der Waals surface area contributed by atoms with Gasteiger partial charge in [-0.3, -0.25) is 14.9 Å². The lowest BCUT2D eigenvalue weighted by atomic mass is 10.2. The van der Waals surface area contributed by atoms with E-state index in [0.717, 1.165) is 0 Å². The summed E-state index contributed by atoms with van der Waals surface area (Å²) in [5.74, 6) is 0. The van der Waals surface area contributed by atoms with Gasteiger partial charge in [0.1, 0.15) is 0 Å². The SMILES string of the molecule is CCCCCC.Cl.O=CNCc1cccc([N+](=O)[O-])c1. The second-order valence-electron chi connectivity index (χ2n) is 4.13. The number of benzene rings is 1. The first-order chi connectivity index (χ1) is 9.15. The minimum atomic E-state index is -0.468. The van der Waals surface area contributed by atoms with Crippen LogP contribution in [0.5, 0.6) is 0 Å². The molecule has 0 saturated carbocycles. The molecule has 0 fully saturated rings. The summed E-state index contributed by atoms with van der Waals surface area (Å²) < 4.78 is 0. The summed E-state index contributed by atoms with van der Waals surface area (Å²) in [6, 6.07) is 6.13. The number of amides is 1. The normalized spacial score (nSPS) is 8.70. The molecule has 0 radical (unpaired) electrons. The molecule has 5 nitrogen and oxygen atoms in total. The molecule has 0 spiro atoms. The third-order valence-electron chi connectivity index (χ3n) is 2.47. The lowest BCUT2D eigenvalue weighted by Gasteiger charge is -1.98. The van der Waals surface area contributed by atoms with Crippen LogP contribution in [0, 0.1) is 10.1 Å². The van der Waals surface area contributed by atoms with Gasteiger partial charge in [-0.1, -0.05) is 51.7 Å². The Balaban J connectivity index is 0. The summed E-state index contributed by atoms with van der Waals surface area (Å²) in [6.45, 7) is 4.77. The number of nitrogens with one attached hydrogen (secondary N) is 1. The number of hydrogen-bond donors (Lipinski definition) is 1. The molecule has 0 atom stereocenters. The van der Waals surface area contributed by atoms with Crippen LogP contribution in [0.15, 0.2) is 24.3 Å². The van der Waals surface area contributed by atoms with Crippen molar-refractivity contribution in [1.29, 1.82) is 0 Å². The molecule has 20 heavy (non-hydrogen) atoms. The standard InChI is InChI=1S/C8H8N2O3.C6H14.ClH/c11-6-9-5-7-2-1-3-8(4-7)10(12)13;1-3-5-6-4-2;/h1-4,6H,5H2,(H,9,11);3-6H2,1-2H3;1H. The maximum atomic E-state index is 10.3. The van der Waals surface area contributed by atoms with Crippen LogP contribution in [-0.2, 0) is 11.3 Å². The average Bonchev–Trinajstić information content (AvgIpc) is 2.44. The summed E-state index contributed by atoms with van der Waals surface area (Å²) in [5, 5.41) is 12.8. The smallest absolute Gasteiger partial charge is 0.269 e. The minimum Gasteiger partial charge on any atom is -0.355 e. The van der Waals surface area contributed by atoms with Gasteiger partial charge >= 0.3 is 0 Å².